The summed E-state index contributed by atoms with van der Waals surface area (Å²) in [5.74, 6) is 0. The Morgan fingerprint density at radius 2 is 1.87 bits per heavy atom. The van der Waals surface area contributed by atoms with Crippen LogP contribution in [0.15, 0.2) is 24.3 Å². The monoisotopic (exact) mass is 322 g/mol. The summed E-state index contributed by atoms with van der Waals surface area (Å²) in [6.07, 6.45) is 1.53. The first-order valence-electron chi connectivity index (χ1n) is 8.11. The second-order valence-electron chi connectivity index (χ2n) is 6.71. The number of anilines is 1. The summed E-state index contributed by atoms with van der Waals surface area (Å²) in [6, 6.07) is 8.28. The molecule has 0 aliphatic rings. The lowest BCUT2D eigenvalue weighted by Gasteiger charge is -2.19. The summed E-state index contributed by atoms with van der Waals surface area (Å²) in [5.41, 5.74) is 1.48. The Morgan fingerprint density at radius 3 is 2.43 bits per heavy atom. The van der Waals surface area contributed by atoms with E-state index in [1.165, 1.54) is 5.56 Å². The first kappa shape index (κ1) is 19.5. The number of rotatable bonds is 8. The average molecular weight is 322 g/mol. The maximum Gasteiger partial charge on any atom is 0.412 e. The molecule has 1 aromatic rings. The highest BCUT2D eigenvalue weighted by Crippen LogP contribution is 2.13. The lowest BCUT2D eigenvalue weighted by Crippen LogP contribution is -2.29. The fraction of sp³-hybridized carbons (Fsp3) is 0.611. The number of amides is 1. The molecule has 0 aliphatic carbocycles. The molecule has 1 unspecified atom stereocenters. The largest absolute Gasteiger partial charge is 0.444 e. The van der Waals surface area contributed by atoms with Gasteiger partial charge in [0.1, 0.15) is 5.60 Å². The Balaban J connectivity index is 2.34. The molecule has 0 aliphatic heterocycles. The summed E-state index contributed by atoms with van der Waals surface area (Å²) >= 11 is 0. The van der Waals surface area contributed by atoms with Crippen LogP contribution in [-0.4, -0.2) is 38.0 Å². The van der Waals surface area contributed by atoms with E-state index in [9.17, 15) is 4.79 Å². The average Bonchev–Trinajstić information content (AvgIpc) is 2.45. The minimum Gasteiger partial charge on any atom is -0.444 e. The van der Waals surface area contributed by atoms with Crippen molar-refractivity contribution in [1.29, 1.82) is 0 Å². The van der Waals surface area contributed by atoms with E-state index in [-0.39, 0.29) is 0 Å². The van der Waals surface area contributed by atoms with Crippen molar-refractivity contribution in [1.82, 2.24) is 5.32 Å². The summed E-state index contributed by atoms with van der Waals surface area (Å²) < 4.78 is 10.3. The molecule has 1 rings (SSSR count). The number of methoxy groups -OCH3 is 1. The van der Waals surface area contributed by atoms with Crippen LogP contribution in [0.1, 0.15) is 39.7 Å². The lowest BCUT2D eigenvalue weighted by molar-refractivity contribution is 0.0636. The maximum atomic E-state index is 11.7. The molecule has 1 aromatic carbocycles. The molecule has 0 saturated heterocycles. The van der Waals surface area contributed by atoms with Gasteiger partial charge in [0.05, 0.1) is 0 Å². The van der Waals surface area contributed by atoms with Crippen molar-refractivity contribution in [2.24, 2.45) is 0 Å². The van der Waals surface area contributed by atoms with Crippen molar-refractivity contribution >= 4 is 11.8 Å². The van der Waals surface area contributed by atoms with E-state index in [2.05, 4.69) is 17.6 Å². The molecule has 2 N–H and O–H groups in total. The molecule has 0 aromatic heterocycles. The highest BCUT2D eigenvalue weighted by molar-refractivity contribution is 5.84. The predicted molar refractivity (Wildman–Crippen MR) is 94.0 cm³/mol. The first-order chi connectivity index (χ1) is 10.8. The van der Waals surface area contributed by atoms with E-state index in [4.69, 9.17) is 9.47 Å². The van der Waals surface area contributed by atoms with Crippen LogP contribution in [0.4, 0.5) is 10.5 Å². The minimum absolute atomic E-state index is 0.432. The van der Waals surface area contributed by atoms with Crippen molar-refractivity contribution in [3.05, 3.63) is 29.8 Å². The van der Waals surface area contributed by atoms with Crippen LogP contribution in [0, 0.1) is 0 Å². The Labute approximate surface area is 139 Å². The first-order valence-corrected chi connectivity index (χ1v) is 8.11. The molecule has 23 heavy (non-hydrogen) atoms. The molecule has 1 atom stereocenters. The molecule has 5 nitrogen and oxygen atoms in total. The number of hydrogen-bond acceptors (Lipinski definition) is 4. The third-order valence-electron chi connectivity index (χ3n) is 3.26. The number of carbonyl (C=O) groups is 1. The zero-order chi connectivity index (χ0) is 17.3. The van der Waals surface area contributed by atoms with E-state index in [0.717, 1.165) is 31.7 Å². The molecular formula is C18H30N2O3. The fourth-order valence-electron chi connectivity index (χ4n) is 2.04. The van der Waals surface area contributed by atoms with Gasteiger partial charge in [-0.05, 0) is 64.8 Å². The number of benzene rings is 1. The molecule has 0 heterocycles. The van der Waals surface area contributed by atoms with E-state index >= 15 is 0 Å². The maximum absolute atomic E-state index is 11.7. The molecule has 5 heteroatoms. The number of carbonyl (C=O) groups excluding carboxylic acids is 1. The molecule has 130 valence electrons. The van der Waals surface area contributed by atoms with Crippen LogP contribution in [0.3, 0.4) is 0 Å². The van der Waals surface area contributed by atoms with E-state index in [1.54, 1.807) is 7.11 Å². The summed E-state index contributed by atoms with van der Waals surface area (Å²) in [5, 5.41) is 6.20. The number of ether oxygens (including phenoxy) is 2. The lowest BCUT2D eigenvalue weighted by atomic mass is 10.1. The van der Waals surface area contributed by atoms with Crippen molar-refractivity contribution in [2.45, 2.75) is 52.2 Å². The Kier molecular flexibility index (Phi) is 8.06. The normalized spacial score (nSPS) is 12.7. The van der Waals surface area contributed by atoms with Gasteiger partial charge >= 0.3 is 6.09 Å². The second-order valence-corrected chi connectivity index (χ2v) is 6.71. The number of nitrogens with one attached hydrogen (secondary N) is 2. The third kappa shape index (κ3) is 9.21. The zero-order valence-electron chi connectivity index (χ0n) is 14.9. The second kappa shape index (κ2) is 9.53. The third-order valence-corrected chi connectivity index (χ3v) is 3.26. The van der Waals surface area contributed by atoms with Crippen LogP contribution in [0.25, 0.3) is 0 Å². The Morgan fingerprint density at radius 1 is 1.22 bits per heavy atom. The minimum atomic E-state index is -0.491. The zero-order valence-corrected chi connectivity index (χ0v) is 14.9. The summed E-state index contributed by atoms with van der Waals surface area (Å²) in [7, 11) is 1.72. The van der Waals surface area contributed by atoms with Crippen LogP contribution < -0.4 is 10.6 Å². The fourth-order valence-corrected chi connectivity index (χ4v) is 2.04. The van der Waals surface area contributed by atoms with Gasteiger partial charge < -0.3 is 14.8 Å². The van der Waals surface area contributed by atoms with Crippen LogP contribution in [-0.2, 0) is 15.9 Å². The molecule has 0 saturated carbocycles. The molecule has 1 amide bonds. The van der Waals surface area contributed by atoms with Crippen LogP contribution in [0.2, 0.25) is 0 Å². The molecule has 0 bridgehead atoms. The van der Waals surface area contributed by atoms with Gasteiger partial charge in [-0.15, -0.1) is 0 Å². The quantitative estimate of drug-likeness (QED) is 0.768. The van der Waals surface area contributed by atoms with Crippen LogP contribution >= 0.6 is 0 Å². The summed E-state index contributed by atoms with van der Waals surface area (Å²) in [4.78, 5) is 11.7. The van der Waals surface area contributed by atoms with Gasteiger partial charge in [-0.2, -0.15) is 0 Å². The predicted octanol–water partition coefficient (Wildman–Crippen LogP) is 3.59. The Hall–Kier alpha value is -1.59. The SMILES string of the molecule is COCCC(C)NCCc1ccc(NC(=O)OC(C)(C)C)cc1. The molecule has 0 radical (unpaired) electrons. The van der Waals surface area contributed by atoms with E-state index in [1.807, 2.05) is 45.0 Å². The van der Waals surface area contributed by atoms with Crippen molar-refractivity contribution in [2.75, 3.05) is 25.6 Å². The number of hydrogen-bond donors (Lipinski definition) is 2. The Bertz CT molecular complexity index is 466. The summed E-state index contributed by atoms with van der Waals surface area (Å²) in [6.45, 7) is 9.39. The van der Waals surface area contributed by atoms with Crippen molar-refractivity contribution in [3.8, 4) is 0 Å². The smallest absolute Gasteiger partial charge is 0.412 e. The van der Waals surface area contributed by atoms with Crippen LogP contribution in [0.5, 0.6) is 0 Å². The van der Waals surface area contributed by atoms with E-state index in [0.29, 0.717) is 6.04 Å². The van der Waals surface area contributed by atoms with Gasteiger partial charge in [0, 0.05) is 25.4 Å². The molecule has 0 fully saturated rings. The van der Waals surface area contributed by atoms with Gasteiger partial charge in [-0.3, -0.25) is 5.32 Å². The highest BCUT2D eigenvalue weighted by Gasteiger charge is 2.16. The highest BCUT2D eigenvalue weighted by atomic mass is 16.6. The standard InChI is InChI=1S/C18H30N2O3/c1-14(11-13-22-5)19-12-10-15-6-8-16(9-7-15)20-17(21)23-18(2,3)4/h6-9,14,19H,10-13H2,1-5H3,(H,20,21). The molecular weight excluding hydrogens is 292 g/mol. The van der Waals surface area contributed by atoms with Crippen molar-refractivity contribution < 1.29 is 14.3 Å². The van der Waals surface area contributed by atoms with Gasteiger partial charge in [0.15, 0.2) is 0 Å². The molecule has 0 spiro atoms. The van der Waals surface area contributed by atoms with Gasteiger partial charge in [-0.1, -0.05) is 12.1 Å². The van der Waals surface area contributed by atoms with Gasteiger partial charge in [0.2, 0.25) is 0 Å². The van der Waals surface area contributed by atoms with Gasteiger partial charge in [0.25, 0.3) is 0 Å². The van der Waals surface area contributed by atoms with E-state index < -0.39 is 11.7 Å². The van der Waals surface area contributed by atoms with Gasteiger partial charge in [-0.25, -0.2) is 4.79 Å². The van der Waals surface area contributed by atoms with Crippen molar-refractivity contribution in [3.63, 3.8) is 0 Å². The topological polar surface area (TPSA) is 59.6 Å².